The number of aliphatic hydroxyl groups excluding tert-OH is 1. The summed E-state index contributed by atoms with van der Waals surface area (Å²) in [5.41, 5.74) is 1.48. The van der Waals surface area contributed by atoms with E-state index in [9.17, 15) is 9.90 Å². The lowest BCUT2D eigenvalue weighted by Crippen LogP contribution is -2.39. The zero-order chi connectivity index (χ0) is 20.6. The van der Waals surface area contributed by atoms with E-state index < -0.39 is 6.10 Å². The van der Waals surface area contributed by atoms with Crippen molar-refractivity contribution in [3.05, 3.63) is 70.6 Å². The number of guanidine groups is 1. The minimum absolute atomic E-state index is 0. The molecule has 30 heavy (non-hydrogen) atoms. The first kappa shape index (κ1) is 24.1. The van der Waals surface area contributed by atoms with Crippen LogP contribution in [0.2, 0.25) is 0 Å². The lowest BCUT2D eigenvalue weighted by Gasteiger charge is -2.14. The topological polar surface area (TPSA) is 83.0 Å². The van der Waals surface area contributed by atoms with Gasteiger partial charge in [-0.15, -0.1) is 35.3 Å². The number of halogens is 1. The smallest absolute Gasteiger partial charge is 0.337 e. The molecule has 2 aromatic carbocycles. The van der Waals surface area contributed by atoms with Gasteiger partial charge in [0, 0.05) is 22.7 Å². The van der Waals surface area contributed by atoms with Gasteiger partial charge in [-0.25, -0.2) is 9.79 Å². The molecule has 3 rings (SSSR count). The highest BCUT2D eigenvalue weighted by molar-refractivity contribution is 14.0. The molecule has 0 saturated heterocycles. The SMILES string of the molecule is CCNC(=NCc1ccc(C(=O)OC)cc1)NCC(O)c1cc2ccccc2s1.I. The second-order valence-electron chi connectivity index (χ2n) is 6.47. The first-order valence-electron chi connectivity index (χ1n) is 9.46. The summed E-state index contributed by atoms with van der Waals surface area (Å²) in [4.78, 5) is 17.0. The number of carbonyl (C=O) groups excluding carboxylic acids is 1. The van der Waals surface area contributed by atoms with Crippen LogP contribution in [0.15, 0.2) is 59.6 Å². The molecule has 3 aromatic rings. The maximum atomic E-state index is 11.5. The molecule has 1 aromatic heterocycles. The molecule has 3 N–H and O–H groups in total. The lowest BCUT2D eigenvalue weighted by atomic mass is 10.1. The van der Waals surface area contributed by atoms with Gasteiger partial charge < -0.3 is 20.5 Å². The van der Waals surface area contributed by atoms with E-state index in [1.54, 1.807) is 23.5 Å². The van der Waals surface area contributed by atoms with Crippen LogP contribution < -0.4 is 10.6 Å². The summed E-state index contributed by atoms with van der Waals surface area (Å²) < 4.78 is 5.87. The van der Waals surface area contributed by atoms with Gasteiger partial charge in [0.05, 0.1) is 19.2 Å². The fourth-order valence-corrected chi connectivity index (χ4v) is 3.89. The lowest BCUT2D eigenvalue weighted by molar-refractivity contribution is 0.0600. The third-order valence-corrected chi connectivity index (χ3v) is 5.59. The van der Waals surface area contributed by atoms with E-state index in [0.717, 1.165) is 20.5 Å². The maximum absolute atomic E-state index is 11.5. The fourth-order valence-electron chi connectivity index (χ4n) is 2.84. The van der Waals surface area contributed by atoms with Crippen LogP contribution >= 0.6 is 35.3 Å². The Bertz CT molecular complexity index is 956. The van der Waals surface area contributed by atoms with Gasteiger partial charge in [-0.05, 0) is 42.1 Å². The van der Waals surface area contributed by atoms with Crippen molar-refractivity contribution in [2.24, 2.45) is 4.99 Å². The molecule has 0 spiro atoms. The highest BCUT2D eigenvalue weighted by Gasteiger charge is 2.12. The van der Waals surface area contributed by atoms with Crippen molar-refractivity contribution < 1.29 is 14.6 Å². The Labute approximate surface area is 197 Å². The molecule has 6 nitrogen and oxygen atoms in total. The number of carbonyl (C=O) groups is 1. The van der Waals surface area contributed by atoms with Crippen molar-refractivity contribution in [2.75, 3.05) is 20.2 Å². The zero-order valence-electron chi connectivity index (χ0n) is 16.9. The molecule has 8 heteroatoms. The highest BCUT2D eigenvalue weighted by atomic mass is 127. The van der Waals surface area contributed by atoms with Crippen LogP contribution in [-0.4, -0.2) is 37.2 Å². The van der Waals surface area contributed by atoms with Crippen LogP contribution in [-0.2, 0) is 11.3 Å². The number of fused-ring (bicyclic) bond motifs is 1. The molecule has 0 aliphatic heterocycles. The molecule has 0 saturated carbocycles. The van der Waals surface area contributed by atoms with Gasteiger partial charge in [0.25, 0.3) is 0 Å². The average Bonchev–Trinajstić information content (AvgIpc) is 3.19. The van der Waals surface area contributed by atoms with Crippen LogP contribution in [0.3, 0.4) is 0 Å². The minimum Gasteiger partial charge on any atom is -0.465 e. The predicted molar refractivity (Wildman–Crippen MR) is 133 cm³/mol. The van der Waals surface area contributed by atoms with E-state index in [2.05, 4.69) is 21.7 Å². The Morgan fingerprint density at radius 2 is 1.90 bits per heavy atom. The minimum atomic E-state index is -0.615. The summed E-state index contributed by atoms with van der Waals surface area (Å²) in [5, 5.41) is 18.1. The van der Waals surface area contributed by atoms with Crippen molar-refractivity contribution in [3.8, 4) is 0 Å². The molecule has 0 aliphatic rings. The molecular formula is C22H26IN3O3S. The summed E-state index contributed by atoms with van der Waals surface area (Å²) in [6.07, 6.45) is -0.615. The first-order valence-corrected chi connectivity index (χ1v) is 10.3. The number of nitrogens with one attached hydrogen (secondary N) is 2. The number of hydrogen-bond donors (Lipinski definition) is 3. The number of thiophene rings is 1. The first-order chi connectivity index (χ1) is 14.1. The second-order valence-corrected chi connectivity index (χ2v) is 7.58. The van der Waals surface area contributed by atoms with Gasteiger partial charge in [-0.3, -0.25) is 0 Å². The van der Waals surface area contributed by atoms with E-state index in [1.807, 2.05) is 43.3 Å². The number of aliphatic imine (C=N–C) groups is 1. The van der Waals surface area contributed by atoms with Crippen molar-refractivity contribution >= 4 is 57.3 Å². The molecule has 0 aliphatic carbocycles. The van der Waals surface area contributed by atoms with Crippen LogP contribution in [0, 0.1) is 0 Å². The van der Waals surface area contributed by atoms with Gasteiger partial charge in [-0.2, -0.15) is 0 Å². The number of hydrogen-bond acceptors (Lipinski definition) is 5. The van der Waals surface area contributed by atoms with Crippen LogP contribution in [0.1, 0.15) is 33.8 Å². The van der Waals surface area contributed by atoms with Gasteiger partial charge in [0.15, 0.2) is 5.96 Å². The molecule has 1 unspecified atom stereocenters. The van der Waals surface area contributed by atoms with Crippen molar-refractivity contribution in [1.82, 2.24) is 10.6 Å². The molecular weight excluding hydrogens is 513 g/mol. The number of nitrogens with zero attached hydrogens (tertiary/aromatic N) is 1. The Balaban J connectivity index is 0.00000320. The monoisotopic (exact) mass is 539 g/mol. The quantitative estimate of drug-likeness (QED) is 0.182. The summed E-state index contributed by atoms with van der Waals surface area (Å²) in [6.45, 7) is 3.52. The largest absolute Gasteiger partial charge is 0.465 e. The summed E-state index contributed by atoms with van der Waals surface area (Å²) in [5.74, 6) is 0.273. The average molecular weight is 539 g/mol. The Kier molecular flexibility index (Phi) is 9.54. The van der Waals surface area contributed by atoms with Crippen LogP contribution in [0.25, 0.3) is 10.1 Å². The summed E-state index contributed by atoms with van der Waals surface area (Å²) in [7, 11) is 1.36. The molecule has 1 atom stereocenters. The molecule has 0 amide bonds. The Hall–Kier alpha value is -2.17. The van der Waals surface area contributed by atoms with Gasteiger partial charge >= 0.3 is 5.97 Å². The van der Waals surface area contributed by atoms with Crippen molar-refractivity contribution in [3.63, 3.8) is 0 Å². The van der Waals surface area contributed by atoms with E-state index in [-0.39, 0.29) is 29.9 Å². The maximum Gasteiger partial charge on any atom is 0.337 e. The second kappa shape index (κ2) is 11.9. The van der Waals surface area contributed by atoms with Gasteiger partial charge in [0.1, 0.15) is 6.10 Å². The normalized spacial score (nSPS) is 12.2. The number of ether oxygens (including phenoxy) is 1. The number of aliphatic hydroxyl groups is 1. The number of benzene rings is 2. The third-order valence-electron chi connectivity index (χ3n) is 4.37. The molecule has 1 heterocycles. The van der Waals surface area contributed by atoms with Gasteiger partial charge in [-0.1, -0.05) is 30.3 Å². The standard InChI is InChI=1S/C22H25N3O3S.HI/c1-3-23-22(24-13-15-8-10-16(11-9-15)21(27)28-2)25-14-18(26)20-12-17-6-4-5-7-19(17)29-20;/h4-12,18,26H,3,13-14H2,1-2H3,(H2,23,24,25);1H. The Morgan fingerprint density at radius 1 is 1.17 bits per heavy atom. The zero-order valence-corrected chi connectivity index (χ0v) is 20.1. The molecule has 0 radical (unpaired) electrons. The van der Waals surface area contributed by atoms with Gasteiger partial charge in [0.2, 0.25) is 0 Å². The van der Waals surface area contributed by atoms with Crippen molar-refractivity contribution in [2.45, 2.75) is 19.6 Å². The van der Waals surface area contributed by atoms with Crippen molar-refractivity contribution in [1.29, 1.82) is 0 Å². The number of rotatable bonds is 7. The Morgan fingerprint density at radius 3 is 2.57 bits per heavy atom. The molecule has 160 valence electrons. The molecule has 0 bridgehead atoms. The van der Waals surface area contributed by atoms with E-state index in [0.29, 0.717) is 31.2 Å². The third kappa shape index (κ3) is 6.41. The summed E-state index contributed by atoms with van der Waals surface area (Å²) >= 11 is 1.60. The van der Waals surface area contributed by atoms with Crippen LogP contribution in [0.5, 0.6) is 0 Å². The number of methoxy groups -OCH3 is 1. The fraction of sp³-hybridized carbons (Fsp3) is 0.273. The molecule has 0 fully saturated rings. The van der Waals surface area contributed by atoms with Crippen LogP contribution in [0.4, 0.5) is 0 Å². The number of esters is 1. The van der Waals surface area contributed by atoms with E-state index in [4.69, 9.17) is 4.74 Å². The summed E-state index contributed by atoms with van der Waals surface area (Å²) in [6, 6.07) is 17.3. The van der Waals surface area contributed by atoms with E-state index >= 15 is 0 Å². The predicted octanol–water partition coefficient (Wildman–Crippen LogP) is 4.09. The van der Waals surface area contributed by atoms with E-state index in [1.165, 1.54) is 7.11 Å². The highest BCUT2D eigenvalue weighted by Crippen LogP contribution is 2.29.